The topological polar surface area (TPSA) is 55.1 Å². The molecule has 0 spiro atoms. The quantitative estimate of drug-likeness (QED) is 0.505. The van der Waals surface area contributed by atoms with Crippen LogP contribution in [0, 0.1) is 0 Å². The van der Waals surface area contributed by atoms with Crippen LogP contribution in [-0.4, -0.2) is 27.6 Å². The molecule has 0 aliphatic heterocycles. The molecule has 0 unspecified atom stereocenters. The standard InChI is InChI=1S/C24H22N2O2/c1-2-24-25-22-15-18(21-6-4-3-5-19(21)16-28)9-12-23(22)26(24)20-10-7-17(8-11-20)13-14-27/h3-12,15-16,27H,2,13-14H2,1H3. The molecule has 4 rings (SSSR count). The van der Waals surface area contributed by atoms with E-state index < -0.39 is 0 Å². The van der Waals surface area contributed by atoms with Crippen molar-refractivity contribution in [3.05, 3.63) is 83.7 Å². The van der Waals surface area contributed by atoms with Crippen LogP contribution in [0.5, 0.6) is 0 Å². The highest BCUT2D eigenvalue weighted by molar-refractivity contribution is 5.91. The lowest BCUT2D eigenvalue weighted by atomic mass is 10.00. The third-order valence-corrected chi connectivity index (χ3v) is 5.03. The fourth-order valence-corrected chi connectivity index (χ4v) is 3.63. The van der Waals surface area contributed by atoms with Crippen LogP contribution in [0.2, 0.25) is 0 Å². The fraction of sp³-hybridized carbons (Fsp3) is 0.167. The van der Waals surface area contributed by atoms with Crippen LogP contribution in [0.3, 0.4) is 0 Å². The Morgan fingerprint density at radius 3 is 2.54 bits per heavy atom. The van der Waals surface area contributed by atoms with Crippen molar-refractivity contribution in [1.29, 1.82) is 0 Å². The number of aromatic nitrogens is 2. The Morgan fingerprint density at radius 2 is 1.82 bits per heavy atom. The normalized spacial score (nSPS) is 11.1. The van der Waals surface area contributed by atoms with E-state index in [2.05, 4.69) is 29.7 Å². The highest BCUT2D eigenvalue weighted by Gasteiger charge is 2.13. The number of aliphatic hydroxyl groups excluding tert-OH is 1. The number of imidazole rings is 1. The number of carbonyl (C=O) groups excluding carboxylic acids is 1. The van der Waals surface area contributed by atoms with E-state index in [9.17, 15) is 4.79 Å². The van der Waals surface area contributed by atoms with E-state index in [1.165, 1.54) is 0 Å². The maximum Gasteiger partial charge on any atom is 0.150 e. The smallest absolute Gasteiger partial charge is 0.150 e. The summed E-state index contributed by atoms with van der Waals surface area (Å²) < 4.78 is 2.17. The van der Waals surface area contributed by atoms with Crippen LogP contribution in [0.25, 0.3) is 27.8 Å². The SMILES string of the molecule is CCc1nc2cc(-c3ccccc3C=O)ccc2n1-c1ccc(CCO)cc1. The molecule has 0 saturated carbocycles. The van der Waals surface area contributed by atoms with E-state index in [0.717, 1.165) is 51.9 Å². The van der Waals surface area contributed by atoms with Crippen LogP contribution >= 0.6 is 0 Å². The first-order valence-electron chi connectivity index (χ1n) is 9.51. The minimum absolute atomic E-state index is 0.151. The zero-order valence-corrected chi connectivity index (χ0v) is 15.8. The second-order valence-corrected chi connectivity index (χ2v) is 6.77. The molecule has 3 aromatic carbocycles. The Bertz CT molecular complexity index is 1130. The molecule has 4 nitrogen and oxygen atoms in total. The van der Waals surface area contributed by atoms with Crippen LogP contribution in [0.15, 0.2) is 66.7 Å². The molecular weight excluding hydrogens is 348 g/mol. The van der Waals surface area contributed by atoms with Gasteiger partial charge in [0, 0.05) is 24.3 Å². The van der Waals surface area contributed by atoms with Crippen molar-refractivity contribution in [2.24, 2.45) is 0 Å². The molecular formula is C24H22N2O2. The summed E-state index contributed by atoms with van der Waals surface area (Å²) in [5, 5.41) is 9.12. The van der Waals surface area contributed by atoms with Crippen LogP contribution in [0.4, 0.5) is 0 Å². The van der Waals surface area contributed by atoms with Crippen LogP contribution in [-0.2, 0) is 12.8 Å². The second-order valence-electron chi connectivity index (χ2n) is 6.77. The molecule has 0 atom stereocenters. The second kappa shape index (κ2) is 7.79. The maximum absolute atomic E-state index is 11.4. The third-order valence-electron chi connectivity index (χ3n) is 5.03. The number of benzene rings is 3. The molecule has 4 heteroatoms. The van der Waals surface area contributed by atoms with Gasteiger partial charge < -0.3 is 5.11 Å². The zero-order valence-electron chi connectivity index (χ0n) is 15.8. The molecule has 0 aliphatic carbocycles. The number of fused-ring (bicyclic) bond motifs is 1. The predicted molar refractivity (Wildman–Crippen MR) is 112 cm³/mol. The van der Waals surface area contributed by atoms with Crippen molar-refractivity contribution in [2.75, 3.05) is 6.61 Å². The molecule has 1 heterocycles. The summed E-state index contributed by atoms with van der Waals surface area (Å²) in [5.74, 6) is 0.991. The number of aldehydes is 1. The molecule has 0 amide bonds. The summed E-state index contributed by atoms with van der Waals surface area (Å²) in [6.07, 6.45) is 2.36. The minimum Gasteiger partial charge on any atom is -0.396 e. The lowest BCUT2D eigenvalue weighted by Crippen LogP contribution is -2.00. The molecule has 4 aromatic rings. The van der Waals surface area contributed by atoms with Crippen LogP contribution < -0.4 is 0 Å². The number of carbonyl (C=O) groups is 1. The Hall–Kier alpha value is -3.24. The first-order valence-corrected chi connectivity index (χ1v) is 9.51. The summed E-state index contributed by atoms with van der Waals surface area (Å²) in [4.78, 5) is 16.2. The molecule has 1 N–H and O–H groups in total. The molecule has 1 aromatic heterocycles. The van der Waals surface area contributed by atoms with Gasteiger partial charge in [-0.2, -0.15) is 0 Å². The Balaban J connectivity index is 1.83. The van der Waals surface area contributed by atoms with E-state index in [4.69, 9.17) is 10.1 Å². The number of aliphatic hydroxyl groups is 1. The van der Waals surface area contributed by atoms with Crippen molar-refractivity contribution < 1.29 is 9.90 Å². The molecule has 0 radical (unpaired) electrons. The van der Waals surface area contributed by atoms with Crippen molar-refractivity contribution in [2.45, 2.75) is 19.8 Å². The summed E-state index contributed by atoms with van der Waals surface area (Å²) in [6, 6.07) is 22.0. The van der Waals surface area contributed by atoms with E-state index >= 15 is 0 Å². The molecule has 28 heavy (non-hydrogen) atoms. The van der Waals surface area contributed by atoms with E-state index in [0.29, 0.717) is 12.0 Å². The van der Waals surface area contributed by atoms with Gasteiger partial charge in [0.05, 0.1) is 11.0 Å². The summed E-state index contributed by atoms with van der Waals surface area (Å²) in [6.45, 7) is 2.25. The monoisotopic (exact) mass is 370 g/mol. The van der Waals surface area contributed by atoms with Crippen LogP contribution in [0.1, 0.15) is 28.7 Å². The lowest BCUT2D eigenvalue weighted by molar-refractivity contribution is 0.112. The minimum atomic E-state index is 0.151. The summed E-state index contributed by atoms with van der Waals surface area (Å²) in [5.41, 5.74) is 6.70. The van der Waals surface area contributed by atoms with E-state index in [1.807, 2.05) is 48.5 Å². The van der Waals surface area contributed by atoms with Crippen molar-refractivity contribution in [3.63, 3.8) is 0 Å². The Labute approximate surface area is 164 Å². The van der Waals surface area contributed by atoms with Crippen molar-refractivity contribution in [1.82, 2.24) is 9.55 Å². The van der Waals surface area contributed by atoms with Crippen molar-refractivity contribution in [3.8, 4) is 16.8 Å². The number of rotatable bonds is 6. The van der Waals surface area contributed by atoms with E-state index in [-0.39, 0.29) is 6.61 Å². The lowest BCUT2D eigenvalue weighted by Gasteiger charge is -2.10. The molecule has 0 aliphatic rings. The first kappa shape index (κ1) is 18.1. The van der Waals surface area contributed by atoms with E-state index in [1.54, 1.807) is 0 Å². The molecule has 0 fully saturated rings. The Kier molecular flexibility index (Phi) is 5.04. The van der Waals surface area contributed by atoms with Crippen molar-refractivity contribution >= 4 is 17.3 Å². The highest BCUT2D eigenvalue weighted by atomic mass is 16.2. The van der Waals surface area contributed by atoms with Gasteiger partial charge in [-0.15, -0.1) is 0 Å². The van der Waals surface area contributed by atoms with Gasteiger partial charge >= 0.3 is 0 Å². The van der Waals surface area contributed by atoms with Gasteiger partial charge in [-0.3, -0.25) is 9.36 Å². The largest absolute Gasteiger partial charge is 0.396 e. The highest BCUT2D eigenvalue weighted by Crippen LogP contribution is 2.29. The summed E-state index contributed by atoms with van der Waals surface area (Å²) >= 11 is 0. The first-order chi connectivity index (χ1) is 13.7. The van der Waals surface area contributed by atoms with Gasteiger partial charge in [0.1, 0.15) is 5.82 Å². The third kappa shape index (κ3) is 3.23. The zero-order chi connectivity index (χ0) is 19.5. The van der Waals surface area contributed by atoms with Gasteiger partial charge in [0.15, 0.2) is 6.29 Å². The average molecular weight is 370 g/mol. The predicted octanol–water partition coefficient (Wildman–Crippen LogP) is 4.60. The van der Waals surface area contributed by atoms with Gasteiger partial charge in [-0.25, -0.2) is 4.98 Å². The van der Waals surface area contributed by atoms with Gasteiger partial charge in [-0.05, 0) is 47.4 Å². The molecule has 0 saturated heterocycles. The summed E-state index contributed by atoms with van der Waals surface area (Å²) in [7, 11) is 0. The van der Waals surface area contributed by atoms with Gasteiger partial charge in [0.25, 0.3) is 0 Å². The van der Waals surface area contributed by atoms with Gasteiger partial charge in [-0.1, -0.05) is 49.4 Å². The molecule has 0 bridgehead atoms. The molecule has 140 valence electrons. The Morgan fingerprint density at radius 1 is 1.04 bits per heavy atom. The van der Waals surface area contributed by atoms with Gasteiger partial charge in [0.2, 0.25) is 0 Å². The number of hydrogen-bond donors (Lipinski definition) is 1. The fourth-order valence-electron chi connectivity index (χ4n) is 3.63. The number of aryl methyl sites for hydroxylation is 1. The number of nitrogens with zero attached hydrogens (tertiary/aromatic N) is 2. The maximum atomic E-state index is 11.4. The number of hydrogen-bond acceptors (Lipinski definition) is 3. The average Bonchev–Trinajstić information content (AvgIpc) is 3.12.